The molecule has 0 amide bonds. The van der Waals surface area contributed by atoms with Crippen LogP contribution >= 0.6 is 11.3 Å². The number of aromatic nitrogens is 3. The molecule has 0 bridgehead atoms. The highest BCUT2D eigenvalue weighted by Crippen LogP contribution is 2.20. The first-order valence-electron chi connectivity index (χ1n) is 5.27. The Balaban J connectivity index is 2.61. The van der Waals surface area contributed by atoms with E-state index in [2.05, 4.69) is 10.1 Å². The molecule has 0 N–H and O–H groups in total. The van der Waals surface area contributed by atoms with Crippen LogP contribution in [0.2, 0.25) is 0 Å². The summed E-state index contributed by atoms with van der Waals surface area (Å²) >= 11 is 1.52. The van der Waals surface area contributed by atoms with Crippen molar-refractivity contribution in [2.24, 2.45) is 0 Å². The fourth-order valence-corrected chi connectivity index (χ4v) is 2.35. The lowest BCUT2D eigenvalue weighted by atomic mass is 10.1. The predicted molar refractivity (Wildman–Crippen MR) is 63.4 cm³/mol. The van der Waals surface area contributed by atoms with Gasteiger partial charge in [0.15, 0.2) is 6.29 Å². The highest BCUT2D eigenvalue weighted by Gasteiger charge is 2.16. The van der Waals surface area contributed by atoms with Gasteiger partial charge in [-0.2, -0.15) is 5.10 Å². The Kier molecular flexibility index (Phi) is 3.14. The van der Waals surface area contributed by atoms with Gasteiger partial charge in [-0.1, -0.05) is 13.8 Å². The minimum atomic E-state index is 0.722. The third kappa shape index (κ3) is 1.67. The number of hydrogen-bond acceptors (Lipinski definition) is 4. The maximum atomic E-state index is 11.1. The van der Waals surface area contributed by atoms with Gasteiger partial charge < -0.3 is 0 Å². The second-order valence-electron chi connectivity index (χ2n) is 3.36. The van der Waals surface area contributed by atoms with E-state index in [1.165, 1.54) is 11.3 Å². The Morgan fingerprint density at radius 2 is 2.25 bits per heavy atom. The lowest BCUT2D eigenvalue weighted by Gasteiger charge is -2.00. The molecule has 0 spiro atoms. The number of carbonyl (C=O) groups is 1. The molecule has 2 aromatic rings. The van der Waals surface area contributed by atoms with Crippen molar-refractivity contribution in [1.82, 2.24) is 14.8 Å². The summed E-state index contributed by atoms with van der Waals surface area (Å²) in [6, 6.07) is 0. The van der Waals surface area contributed by atoms with Crippen LogP contribution in [-0.2, 0) is 12.8 Å². The molecule has 5 heteroatoms. The zero-order valence-electron chi connectivity index (χ0n) is 9.30. The fraction of sp³-hybridized carbons (Fsp3) is 0.364. The largest absolute Gasteiger partial charge is 0.298 e. The third-order valence-electron chi connectivity index (χ3n) is 2.49. The molecule has 0 saturated heterocycles. The Morgan fingerprint density at radius 3 is 2.75 bits per heavy atom. The van der Waals surface area contributed by atoms with Gasteiger partial charge in [-0.05, 0) is 12.8 Å². The minimum absolute atomic E-state index is 0.722. The van der Waals surface area contributed by atoms with Gasteiger partial charge in [0.1, 0.15) is 0 Å². The maximum Gasteiger partial charge on any atom is 0.210 e. The smallest absolute Gasteiger partial charge is 0.210 e. The van der Waals surface area contributed by atoms with Gasteiger partial charge in [-0.3, -0.25) is 4.79 Å². The van der Waals surface area contributed by atoms with E-state index in [0.717, 1.165) is 41.2 Å². The normalized spacial score (nSPS) is 10.6. The quantitative estimate of drug-likeness (QED) is 0.764. The molecule has 0 radical (unpaired) electrons. The summed E-state index contributed by atoms with van der Waals surface area (Å²) in [6.45, 7) is 4.02. The Labute approximate surface area is 97.9 Å². The van der Waals surface area contributed by atoms with E-state index in [-0.39, 0.29) is 0 Å². The molecule has 0 saturated carbocycles. The predicted octanol–water partition coefficient (Wildman–Crippen LogP) is 2.27. The average molecular weight is 235 g/mol. The Bertz CT molecular complexity index is 488. The van der Waals surface area contributed by atoms with Crippen LogP contribution in [0.4, 0.5) is 0 Å². The first-order chi connectivity index (χ1) is 7.81. The van der Waals surface area contributed by atoms with Crippen molar-refractivity contribution < 1.29 is 4.79 Å². The van der Waals surface area contributed by atoms with Gasteiger partial charge in [0.05, 0.1) is 17.0 Å². The van der Waals surface area contributed by atoms with Crippen LogP contribution in [-0.4, -0.2) is 21.1 Å². The van der Waals surface area contributed by atoms with Crippen molar-refractivity contribution in [2.45, 2.75) is 26.7 Å². The van der Waals surface area contributed by atoms with E-state index in [4.69, 9.17) is 0 Å². The Hall–Kier alpha value is -1.49. The molecule has 2 aromatic heterocycles. The van der Waals surface area contributed by atoms with Crippen molar-refractivity contribution in [2.75, 3.05) is 0 Å². The van der Waals surface area contributed by atoms with Crippen molar-refractivity contribution in [3.8, 4) is 5.13 Å². The van der Waals surface area contributed by atoms with Crippen molar-refractivity contribution in [3.63, 3.8) is 0 Å². The molecule has 84 valence electrons. The van der Waals surface area contributed by atoms with Gasteiger partial charge in [-0.25, -0.2) is 9.67 Å². The molecule has 2 heterocycles. The topological polar surface area (TPSA) is 47.8 Å². The number of rotatable bonds is 4. The van der Waals surface area contributed by atoms with Crippen LogP contribution in [0, 0.1) is 0 Å². The van der Waals surface area contributed by atoms with E-state index in [1.54, 1.807) is 10.9 Å². The van der Waals surface area contributed by atoms with Gasteiger partial charge >= 0.3 is 0 Å². The molecule has 0 fully saturated rings. The van der Waals surface area contributed by atoms with Crippen LogP contribution in [0.3, 0.4) is 0 Å². The van der Waals surface area contributed by atoms with Crippen LogP contribution < -0.4 is 0 Å². The van der Waals surface area contributed by atoms with Gasteiger partial charge in [-0.15, -0.1) is 11.3 Å². The molecule has 0 aromatic carbocycles. The van der Waals surface area contributed by atoms with E-state index in [9.17, 15) is 4.79 Å². The minimum Gasteiger partial charge on any atom is -0.298 e. The van der Waals surface area contributed by atoms with Crippen LogP contribution in [0.1, 0.15) is 35.6 Å². The number of hydrogen-bond donors (Lipinski definition) is 0. The zero-order chi connectivity index (χ0) is 11.5. The van der Waals surface area contributed by atoms with Crippen LogP contribution in [0.5, 0.6) is 0 Å². The summed E-state index contributed by atoms with van der Waals surface area (Å²) in [5.41, 5.74) is 2.52. The highest BCUT2D eigenvalue weighted by molar-refractivity contribution is 7.12. The first-order valence-corrected chi connectivity index (χ1v) is 6.15. The highest BCUT2D eigenvalue weighted by atomic mass is 32.1. The monoisotopic (exact) mass is 235 g/mol. The molecule has 2 rings (SSSR count). The second kappa shape index (κ2) is 4.57. The van der Waals surface area contributed by atoms with E-state index in [1.807, 2.05) is 19.2 Å². The summed E-state index contributed by atoms with van der Waals surface area (Å²) in [5, 5.41) is 7.17. The van der Waals surface area contributed by atoms with Crippen LogP contribution in [0.15, 0.2) is 11.6 Å². The number of aryl methyl sites for hydroxylation is 1. The summed E-state index contributed by atoms with van der Waals surface area (Å²) in [4.78, 5) is 15.3. The van der Waals surface area contributed by atoms with Crippen molar-refractivity contribution in [1.29, 1.82) is 0 Å². The second-order valence-corrected chi connectivity index (χ2v) is 4.23. The van der Waals surface area contributed by atoms with Gasteiger partial charge in [0.2, 0.25) is 5.13 Å². The summed E-state index contributed by atoms with van der Waals surface area (Å²) in [5.74, 6) is 0. The van der Waals surface area contributed by atoms with Gasteiger partial charge in [0, 0.05) is 11.6 Å². The van der Waals surface area contributed by atoms with E-state index in [0.29, 0.717) is 0 Å². The van der Waals surface area contributed by atoms with Crippen LogP contribution in [0.25, 0.3) is 5.13 Å². The SMILES string of the molecule is CCc1nn(-c2nccs2)c(CC)c1C=O. The maximum absolute atomic E-state index is 11.1. The molecular formula is C11H13N3OS. The number of nitrogens with zero attached hydrogens (tertiary/aromatic N) is 3. The lowest BCUT2D eigenvalue weighted by molar-refractivity contribution is 0.112. The molecule has 16 heavy (non-hydrogen) atoms. The summed E-state index contributed by atoms with van der Waals surface area (Å²) in [6.07, 6.45) is 4.18. The standard InChI is InChI=1S/C11H13N3OS/c1-3-9-8(7-15)10(4-2)14(13-9)11-12-5-6-16-11/h5-7H,3-4H2,1-2H3. The average Bonchev–Trinajstić information content (AvgIpc) is 2.94. The fourth-order valence-electron chi connectivity index (χ4n) is 1.73. The summed E-state index contributed by atoms with van der Waals surface area (Å²) < 4.78 is 1.78. The zero-order valence-corrected chi connectivity index (χ0v) is 10.1. The Morgan fingerprint density at radius 1 is 1.44 bits per heavy atom. The lowest BCUT2D eigenvalue weighted by Crippen LogP contribution is -2.01. The number of aldehydes is 1. The van der Waals surface area contributed by atoms with Crippen molar-refractivity contribution >= 4 is 17.6 Å². The molecule has 0 aliphatic carbocycles. The number of carbonyl (C=O) groups excluding carboxylic acids is 1. The van der Waals surface area contributed by atoms with E-state index < -0.39 is 0 Å². The molecule has 0 unspecified atom stereocenters. The van der Waals surface area contributed by atoms with E-state index >= 15 is 0 Å². The molecule has 0 aliphatic heterocycles. The van der Waals surface area contributed by atoms with Gasteiger partial charge in [0.25, 0.3) is 0 Å². The third-order valence-corrected chi connectivity index (χ3v) is 3.23. The first kappa shape index (κ1) is 11.0. The molecule has 0 aliphatic rings. The van der Waals surface area contributed by atoms with Crippen molar-refractivity contribution in [3.05, 3.63) is 28.5 Å². The summed E-state index contributed by atoms with van der Waals surface area (Å²) in [7, 11) is 0. The molecule has 0 atom stereocenters. The molecular weight excluding hydrogens is 222 g/mol. The molecule has 4 nitrogen and oxygen atoms in total. The number of thiazole rings is 1.